The van der Waals surface area contributed by atoms with Crippen LogP contribution >= 0.6 is 0 Å². The summed E-state index contributed by atoms with van der Waals surface area (Å²) in [6, 6.07) is 7.11. The van der Waals surface area contributed by atoms with Gasteiger partial charge in [-0.3, -0.25) is 9.59 Å². The number of carbonyl (C=O) groups is 2. The maximum Gasteiger partial charge on any atom is 0.251 e. The minimum Gasteiger partial charge on any atom is -0.352 e. The number of rotatable bonds is 6. The highest BCUT2D eigenvalue weighted by Gasteiger charge is 2.39. The number of nitrogens with one attached hydrogen (secondary N) is 3. The molecule has 1 aliphatic heterocycles. The lowest BCUT2D eigenvalue weighted by Gasteiger charge is -2.10. The first-order valence-corrected chi connectivity index (χ1v) is 8.53. The van der Waals surface area contributed by atoms with Crippen molar-refractivity contribution in [3.63, 3.8) is 0 Å². The molecule has 5 nitrogen and oxygen atoms in total. The smallest absolute Gasteiger partial charge is 0.251 e. The topological polar surface area (TPSA) is 70.2 Å². The van der Waals surface area contributed by atoms with Gasteiger partial charge in [-0.25, -0.2) is 0 Å². The molecule has 5 heteroatoms. The van der Waals surface area contributed by atoms with Crippen molar-refractivity contribution in [3.8, 4) is 0 Å². The number of amides is 2. The van der Waals surface area contributed by atoms with Crippen LogP contribution in [0.2, 0.25) is 0 Å². The van der Waals surface area contributed by atoms with Gasteiger partial charge >= 0.3 is 0 Å². The summed E-state index contributed by atoms with van der Waals surface area (Å²) in [5, 5.41) is 9.20. The molecule has 1 aliphatic carbocycles. The van der Waals surface area contributed by atoms with Crippen LogP contribution in [0.15, 0.2) is 24.3 Å². The van der Waals surface area contributed by atoms with Crippen molar-refractivity contribution in [2.24, 2.45) is 17.8 Å². The van der Waals surface area contributed by atoms with Crippen LogP contribution in [0, 0.1) is 17.8 Å². The van der Waals surface area contributed by atoms with Gasteiger partial charge in [-0.05, 0) is 68.5 Å². The van der Waals surface area contributed by atoms with Gasteiger partial charge < -0.3 is 16.0 Å². The molecule has 0 radical (unpaired) electrons. The molecule has 2 fully saturated rings. The van der Waals surface area contributed by atoms with Crippen molar-refractivity contribution < 1.29 is 9.59 Å². The van der Waals surface area contributed by atoms with E-state index in [2.05, 4.69) is 22.9 Å². The van der Waals surface area contributed by atoms with Crippen LogP contribution in [-0.4, -0.2) is 31.4 Å². The molecule has 3 unspecified atom stereocenters. The van der Waals surface area contributed by atoms with Crippen LogP contribution < -0.4 is 16.0 Å². The third-order valence-electron chi connectivity index (χ3n) is 4.86. The molecule has 23 heavy (non-hydrogen) atoms. The van der Waals surface area contributed by atoms with E-state index in [9.17, 15) is 9.59 Å². The van der Waals surface area contributed by atoms with Crippen molar-refractivity contribution in [1.82, 2.24) is 10.6 Å². The molecule has 1 aromatic rings. The number of carbonyl (C=O) groups excluding carboxylic acids is 2. The predicted octanol–water partition coefficient (Wildman–Crippen LogP) is 2.01. The fraction of sp³-hybridized carbons (Fsp3) is 0.556. The van der Waals surface area contributed by atoms with Crippen LogP contribution in [0.5, 0.6) is 0 Å². The zero-order chi connectivity index (χ0) is 16.2. The standard InChI is InChI=1S/C18H25N3O2/c1-12-10-16(12)18(23)21-15-4-2-14(3-5-15)17(22)20-9-7-13-6-8-19-11-13/h2-5,12-13,16,19H,6-11H2,1H3,(H,20,22)(H,21,23). The molecule has 1 aromatic carbocycles. The predicted molar refractivity (Wildman–Crippen MR) is 90.3 cm³/mol. The van der Waals surface area contributed by atoms with Crippen molar-refractivity contribution in [2.75, 3.05) is 25.0 Å². The molecule has 124 valence electrons. The lowest BCUT2D eigenvalue weighted by Crippen LogP contribution is -2.26. The van der Waals surface area contributed by atoms with Gasteiger partial charge in [0.25, 0.3) is 5.91 Å². The lowest BCUT2D eigenvalue weighted by atomic mass is 10.1. The van der Waals surface area contributed by atoms with E-state index in [1.807, 2.05) is 0 Å². The summed E-state index contributed by atoms with van der Waals surface area (Å²) in [6.45, 7) is 4.94. The Bertz CT molecular complexity index is 564. The molecule has 0 bridgehead atoms. The van der Waals surface area contributed by atoms with Gasteiger partial charge in [-0.15, -0.1) is 0 Å². The quantitative estimate of drug-likeness (QED) is 0.752. The Morgan fingerprint density at radius 2 is 2.00 bits per heavy atom. The first-order chi connectivity index (χ1) is 11.1. The van der Waals surface area contributed by atoms with Gasteiger partial charge in [-0.2, -0.15) is 0 Å². The normalized spacial score (nSPS) is 25.9. The van der Waals surface area contributed by atoms with Crippen LogP contribution in [-0.2, 0) is 4.79 Å². The lowest BCUT2D eigenvalue weighted by molar-refractivity contribution is -0.117. The number of anilines is 1. The van der Waals surface area contributed by atoms with Crippen LogP contribution in [0.4, 0.5) is 5.69 Å². The van der Waals surface area contributed by atoms with E-state index in [0.717, 1.165) is 31.6 Å². The Morgan fingerprint density at radius 1 is 1.26 bits per heavy atom. The summed E-state index contributed by atoms with van der Waals surface area (Å²) in [6.07, 6.45) is 3.19. The van der Waals surface area contributed by atoms with E-state index < -0.39 is 0 Å². The highest BCUT2D eigenvalue weighted by Crippen LogP contribution is 2.38. The molecule has 0 spiro atoms. The second kappa shape index (κ2) is 7.13. The van der Waals surface area contributed by atoms with Crippen molar-refractivity contribution in [1.29, 1.82) is 0 Å². The molecule has 2 amide bonds. The first kappa shape index (κ1) is 16.0. The van der Waals surface area contributed by atoms with E-state index in [1.54, 1.807) is 24.3 Å². The summed E-state index contributed by atoms with van der Waals surface area (Å²) >= 11 is 0. The summed E-state index contributed by atoms with van der Waals surface area (Å²) in [7, 11) is 0. The van der Waals surface area contributed by atoms with E-state index in [-0.39, 0.29) is 17.7 Å². The molecule has 1 saturated heterocycles. The maximum atomic E-state index is 12.1. The summed E-state index contributed by atoms with van der Waals surface area (Å²) in [4.78, 5) is 24.0. The Labute approximate surface area is 137 Å². The van der Waals surface area contributed by atoms with Crippen LogP contribution in [0.25, 0.3) is 0 Å². The third kappa shape index (κ3) is 4.32. The first-order valence-electron chi connectivity index (χ1n) is 8.53. The van der Waals surface area contributed by atoms with Gasteiger partial charge in [0.15, 0.2) is 0 Å². The van der Waals surface area contributed by atoms with Crippen molar-refractivity contribution in [3.05, 3.63) is 29.8 Å². The van der Waals surface area contributed by atoms with Crippen LogP contribution in [0.3, 0.4) is 0 Å². The Balaban J connectivity index is 1.44. The van der Waals surface area contributed by atoms with Gasteiger partial charge in [0.05, 0.1) is 0 Å². The van der Waals surface area contributed by atoms with Crippen molar-refractivity contribution in [2.45, 2.75) is 26.2 Å². The van der Waals surface area contributed by atoms with Crippen LogP contribution in [0.1, 0.15) is 36.5 Å². The molecule has 1 saturated carbocycles. The molecule has 2 aliphatic rings. The highest BCUT2D eigenvalue weighted by atomic mass is 16.2. The molecular formula is C18H25N3O2. The number of hydrogen-bond donors (Lipinski definition) is 3. The summed E-state index contributed by atoms with van der Waals surface area (Å²) in [5.74, 6) is 1.36. The van der Waals surface area contributed by atoms with Gasteiger partial charge in [0, 0.05) is 23.7 Å². The largest absolute Gasteiger partial charge is 0.352 e. The zero-order valence-corrected chi connectivity index (χ0v) is 13.6. The number of hydrogen-bond acceptors (Lipinski definition) is 3. The van der Waals surface area contributed by atoms with E-state index in [4.69, 9.17) is 0 Å². The molecule has 0 aromatic heterocycles. The highest BCUT2D eigenvalue weighted by molar-refractivity contribution is 5.96. The minimum absolute atomic E-state index is 0.0513. The molecular weight excluding hydrogens is 290 g/mol. The van der Waals surface area contributed by atoms with Gasteiger partial charge in [0.2, 0.25) is 5.91 Å². The van der Waals surface area contributed by atoms with Crippen molar-refractivity contribution >= 4 is 17.5 Å². The number of benzene rings is 1. The molecule has 1 heterocycles. The summed E-state index contributed by atoms with van der Waals surface area (Å²) in [5.41, 5.74) is 1.38. The molecule has 3 atom stereocenters. The monoisotopic (exact) mass is 315 g/mol. The van der Waals surface area contributed by atoms with E-state index in [0.29, 0.717) is 23.9 Å². The Morgan fingerprint density at radius 3 is 2.61 bits per heavy atom. The molecule has 3 rings (SSSR count). The Hall–Kier alpha value is -1.88. The van der Waals surface area contributed by atoms with Gasteiger partial charge in [-0.1, -0.05) is 6.92 Å². The average Bonchev–Trinajstić information content (AvgIpc) is 3.06. The SMILES string of the molecule is CC1CC1C(=O)Nc1ccc(C(=O)NCCC2CCNC2)cc1. The van der Waals surface area contributed by atoms with Gasteiger partial charge in [0.1, 0.15) is 0 Å². The summed E-state index contributed by atoms with van der Waals surface area (Å²) < 4.78 is 0. The fourth-order valence-corrected chi connectivity index (χ4v) is 3.08. The molecule has 3 N–H and O–H groups in total. The minimum atomic E-state index is -0.0513. The van der Waals surface area contributed by atoms with E-state index >= 15 is 0 Å². The zero-order valence-electron chi connectivity index (χ0n) is 13.6. The fourth-order valence-electron chi connectivity index (χ4n) is 3.08. The maximum absolute atomic E-state index is 12.1. The second-order valence-electron chi connectivity index (χ2n) is 6.79. The van der Waals surface area contributed by atoms with E-state index in [1.165, 1.54) is 6.42 Å². The third-order valence-corrected chi connectivity index (χ3v) is 4.86. The Kier molecular flexibility index (Phi) is 4.96. The second-order valence-corrected chi connectivity index (χ2v) is 6.79. The average molecular weight is 315 g/mol.